The van der Waals surface area contributed by atoms with Crippen LogP contribution in [-0.4, -0.2) is 10.8 Å². The molecule has 0 aliphatic carbocycles. The van der Waals surface area contributed by atoms with Crippen LogP contribution in [0.1, 0.15) is 18.1 Å². The van der Waals surface area contributed by atoms with E-state index in [0.29, 0.717) is 5.56 Å². The standard InChI is InChI=1S/C15H14N2O3/c1-15(14(16)18,11-5-3-2-4-6-11)12-7-9-13(10-8-12)17(19)20/h2-10H,1H3,(H2,16,18). The normalized spacial score (nSPS) is 13.4. The topological polar surface area (TPSA) is 86.2 Å². The number of benzene rings is 2. The SMILES string of the molecule is CC(C(N)=O)(c1ccccc1)c1ccc([N+](=O)[O-])cc1. The van der Waals surface area contributed by atoms with E-state index >= 15 is 0 Å². The van der Waals surface area contributed by atoms with E-state index in [-0.39, 0.29) is 5.69 Å². The Morgan fingerprint density at radius 3 is 2.00 bits per heavy atom. The van der Waals surface area contributed by atoms with Gasteiger partial charge in [0.05, 0.1) is 10.3 Å². The molecule has 2 N–H and O–H groups in total. The van der Waals surface area contributed by atoms with Crippen molar-refractivity contribution in [1.82, 2.24) is 0 Å². The number of nitrogens with zero attached hydrogens (tertiary/aromatic N) is 1. The number of hydrogen-bond acceptors (Lipinski definition) is 3. The fourth-order valence-corrected chi connectivity index (χ4v) is 2.14. The summed E-state index contributed by atoms with van der Waals surface area (Å²) in [5, 5.41) is 10.7. The maximum atomic E-state index is 11.9. The first-order valence-electron chi connectivity index (χ1n) is 6.06. The zero-order valence-electron chi connectivity index (χ0n) is 10.9. The number of rotatable bonds is 4. The molecule has 0 fully saturated rings. The third-order valence-electron chi connectivity index (χ3n) is 3.50. The molecule has 20 heavy (non-hydrogen) atoms. The molecular weight excluding hydrogens is 256 g/mol. The Labute approximate surface area is 116 Å². The van der Waals surface area contributed by atoms with Gasteiger partial charge < -0.3 is 5.73 Å². The zero-order chi connectivity index (χ0) is 14.8. The average Bonchev–Trinajstić information content (AvgIpc) is 2.47. The summed E-state index contributed by atoms with van der Waals surface area (Å²) in [6.07, 6.45) is 0. The number of nitro benzene ring substituents is 1. The molecule has 0 aliphatic heterocycles. The minimum Gasteiger partial charge on any atom is -0.369 e. The highest BCUT2D eigenvalue weighted by molar-refractivity contribution is 5.90. The van der Waals surface area contributed by atoms with Crippen LogP contribution in [0.4, 0.5) is 5.69 Å². The monoisotopic (exact) mass is 270 g/mol. The van der Waals surface area contributed by atoms with Crippen LogP contribution in [-0.2, 0) is 10.2 Å². The summed E-state index contributed by atoms with van der Waals surface area (Å²) in [6, 6.07) is 15.0. The van der Waals surface area contributed by atoms with Gasteiger partial charge in [0.15, 0.2) is 0 Å². The fourth-order valence-electron chi connectivity index (χ4n) is 2.14. The van der Waals surface area contributed by atoms with Gasteiger partial charge in [-0.1, -0.05) is 42.5 Å². The molecule has 0 radical (unpaired) electrons. The number of carbonyl (C=O) groups is 1. The molecule has 0 aromatic heterocycles. The molecule has 2 aromatic carbocycles. The van der Waals surface area contributed by atoms with Crippen molar-refractivity contribution in [3.8, 4) is 0 Å². The summed E-state index contributed by atoms with van der Waals surface area (Å²) < 4.78 is 0. The highest BCUT2D eigenvalue weighted by Gasteiger charge is 2.35. The molecule has 2 rings (SSSR count). The van der Waals surface area contributed by atoms with Gasteiger partial charge in [0, 0.05) is 12.1 Å². The largest absolute Gasteiger partial charge is 0.369 e. The second-order valence-corrected chi connectivity index (χ2v) is 4.66. The summed E-state index contributed by atoms with van der Waals surface area (Å²) in [5.74, 6) is -0.502. The molecule has 102 valence electrons. The summed E-state index contributed by atoms with van der Waals surface area (Å²) in [4.78, 5) is 22.1. The van der Waals surface area contributed by atoms with E-state index in [1.807, 2.05) is 30.3 Å². The number of carbonyl (C=O) groups excluding carboxylic acids is 1. The predicted molar refractivity (Wildman–Crippen MR) is 75.2 cm³/mol. The van der Waals surface area contributed by atoms with Gasteiger partial charge in [-0.15, -0.1) is 0 Å². The summed E-state index contributed by atoms with van der Waals surface area (Å²) in [5.41, 5.74) is 5.90. The van der Waals surface area contributed by atoms with Crippen LogP contribution in [0.5, 0.6) is 0 Å². The third-order valence-corrected chi connectivity index (χ3v) is 3.50. The molecule has 1 unspecified atom stereocenters. The minimum atomic E-state index is -1.02. The zero-order valence-corrected chi connectivity index (χ0v) is 10.9. The lowest BCUT2D eigenvalue weighted by Crippen LogP contribution is -2.39. The number of primary amides is 1. The number of hydrogen-bond donors (Lipinski definition) is 1. The minimum absolute atomic E-state index is 0.0198. The van der Waals surface area contributed by atoms with E-state index < -0.39 is 16.2 Å². The Bertz CT molecular complexity index is 638. The van der Waals surface area contributed by atoms with Crippen molar-refractivity contribution in [2.45, 2.75) is 12.3 Å². The van der Waals surface area contributed by atoms with E-state index in [9.17, 15) is 14.9 Å². The van der Waals surface area contributed by atoms with Gasteiger partial charge in [0.25, 0.3) is 5.69 Å². The van der Waals surface area contributed by atoms with Crippen molar-refractivity contribution in [2.24, 2.45) is 5.73 Å². The molecule has 0 saturated carbocycles. The number of nitrogens with two attached hydrogens (primary N) is 1. The van der Waals surface area contributed by atoms with E-state index in [0.717, 1.165) is 5.56 Å². The molecule has 0 saturated heterocycles. The van der Waals surface area contributed by atoms with Crippen LogP contribution in [0, 0.1) is 10.1 Å². The molecule has 0 aliphatic rings. The molecule has 1 atom stereocenters. The van der Waals surface area contributed by atoms with E-state index in [4.69, 9.17) is 5.73 Å². The van der Waals surface area contributed by atoms with Gasteiger partial charge >= 0.3 is 0 Å². The molecule has 0 spiro atoms. The lowest BCUT2D eigenvalue weighted by atomic mass is 9.75. The summed E-state index contributed by atoms with van der Waals surface area (Å²) >= 11 is 0. The van der Waals surface area contributed by atoms with Gasteiger partial charge in [-0.3, -0.25) is 14.9 Å². The quantitative estimate of drug-likeness (QED) is 0.683. The van der Waals surface area contributed by atoms with Crippen molar-refractivity contribution in [1.29, 1.82) is 0 Å². The van der Waals surface area contributed by atoms with Gasteiger partial charge in [0.1, 0.15) is 0 Å². The summed E-state index contributed by atoms with van der Waals surface area (Å²) in [6.45, 7) is 1.71. The van der Waals surface area contributed by atoms with Gasteiger partial charge in [-0.05, 0) is 18.1 Å². The van der Waals surface area contributed by atoms with Crippen LogP contribution < -0.4 is 5.73 Å². The third kappa shape index (κ3) is 2.25. The second-order valence-electron chi connectivity index (χ2n) is 4.66. The molecule has 5 nitrogen and oxygen atoms in total. The first-order chi connectivity index (χ1) is 9.46. The summed E-state index contributed by atoms with van der Waals surface area (Å²) in [7, 11) is 0. The van der Waals surface area contributed by atoms with E-state index in [1.54, 1.807) is 19.1 Å². The van der Waals surface area contributed by atoms with E-state index in [1.165, 1.54) is 12.1 Å². The molecule has 1 amide bonds. The Balaban J connectivity index is 2.54. The van der Waals surface area contributed by atoms with Crippen molar-refractivity contribution in [3.63, 3.8) is 0 Å². The molecule has 5 heteroatoms. The predicted octanol–water partition coefficient (Wildman–Crippen LogP) is 2.39. The van der Waals surface area contributed by atoms with Crippen molar-refractivity contribution < 1.29 is 9.72 Å². The fraction of sp³-hybridized carbons (Fsp3) is 0.133. The van der Waals surface area contributed by atoms with Gasteiger partial charge in [0.2, 0.25) is 5.91 Å². The highest BCUT2D eigenvalue weighted by Crippen LogP contribution is 2.32. The van der Waals surface area contributed by atoms with Crippen molar-refractivity contribution in [2.75, 3.05) is 0 Å². The van der Waals surface area contributed by atoms with Crippen LogP contribution >= 0.6 is 0 Å². The van der Waals surface area contributed by atoms with Crippen LogP contribution in [0.2, 0.25) is 0 Å². The lowest BCUT2D eigenvalue weighted by Gasteiger charge is -2.27. The Morgan fingerprint density at radius 2 is 1.55 bits per heavy atom. The van der Waals surface area contributed by atoms with Gasteiger partial charge in [-0.25, -0.2) is 0 Å². The average molecular weight is 270 g/mol. The Hall–Kier alpha value is -2.69. The maximum absolute atomic E-state index is 11.9. The highest BCUT2D eigenvalue weighted by atomic mass is 16.6. The molecule has 0 bridgehead atoms. The maximum Gasteiger partial charge on any atom is 0.269 e. The van der Waals surface area contributed by atoms with E-state index in [2.05, 4.69) is 0 Å². The van der Waals surface area contributed by atoms with Crippen LogP contribution in [0.15, 0.2) is 54.6 Å². The molecule has 2 aromatic rings. The van der Waals surface area contributed by atoms with Crippen molar-refractivity contribution in [3.05, 3.63) is 75.8 Å². The van der Waals surface area contributed by atoms with Crippen LogP contribution in [0.3, 0.4) is 0 Å². The number of non-ortho nitro benzene ring substituents is 1. The van der Waals surface area contributed by atoms with Crippen molar-refractivity contribution >= 4 is 11.6 Å². The first kappa shape index (κ1) is 13.7. The lowest BCUT2D eigenvalue weighted by molar-refractivity contribution is -0.384. The second kappa shape index (κ2) is 5.13. The Morgan fingerprint density at radius 1 is 1.05 bits per heavy atom. The smallest absolute Gasteiger partial charge is 0.269 e. The number of amides is 1. The molecule has 0 heterocycles. The Kier molecular flexibility index (Phi) is 3.52. The van der Waals surface area contributed by atoms with Gasteiger partial charge in [-0.2, -0.15) is 0 Å². The van der Waals surface area contributed by atoms with Crippen LogP contribution in [0.25, 0.3) is 0 Å². The molecular formula is C15H14N2O3. The first-order valence-corrected chi connectivity index (χ1v) is 6.06. The number of nitro groups is 1.